The van der Waals surface area contributed by atoms with E-state index in [0.29, 0.717) is 4.47 Å². The zero-order valence-corrected chi connectivity index (χ0v) is 9.61. The van der Waals surface area contributed by atoms with Gasteiger partial charge in [0.15, 0.2) is 0 Å². The molecule has 0 fully saturated rings. The van der Waals surface area contributed by atoms with E-state index in [0.717, 1.165) is 0 Å². The summed E-state index contributed by atoms with van der Waals surface area (Å²) in [5.41, 5.74) is 5.31. The Morgan fingerprint density at radius 3 is 2.60 bits per heavy atom. The summed E-state index contributed by atoms with van der Waals surface area (Å²) in [6.45, 7) is 0.240. The molecule has 5 heteroatoms. The Hall–Kier alpha value is -0.490. The van der Waals surface area contributed by atoms with Crippen LogP contribution in [-0.2, 0) is 0 Å². The second kappa shape index (κ2) is 5.55. The molecule has 0 saturated heterocycles. The average Bonchev–Trinajstić information content (AvgIpc) is 2.17. The van der Waals surface area contributed by atoms with Crippen LogP contribution in [0.3, 0.4) is 0 Å². The van der Waals surface area contributed by atoms with E-state index in [2.05, 4.69) is 15.9 Å². The van der Waals surface area contributed by atoms with E-state index in [9.17, 15) is 14.6 Å². The van der Waals surface area contributed by atoms with Gasteiger partial charge in [0, 0.05) is 10.0 Å². The number of halogens is 2. The second-order valence-corrected chi connectivity index (χ2v) is 4.08. The van der Waals surface area contributed by atoms with Gasteiger partial charge in [0.1, 0.15) is 11.9 Å². The molecule has 3 nitrogen and oxygen atoms in total. The molecule has 0 heterocycles. The van der Waals surface area contributed by atoms with Crippen LogP contribution in [-0.4, -0.2) is 22.9 Å². The lowest BCUT2D eigenvalue weighted by atomic mass is 10.0. The average molecular weight is 278 g/mol. The van der Waals surface area contributed by atoms with Crippen LogP contribution in [0.1, 0.15) is 18.1 Å². The molecule has 2 atom stereocenters. The molecule has 0 aliphatic carbocycles. The number of aliphatic hydroxyl groups excluding tert-OH is 2. The molecule has 4 N–H and O–H groups in total. The van der Waals surface area contributed by atoms with E-state index in [-0.39, 0.29) is 18.5 Å². The molecule has 0 saturated carbocycles. The van der Waals surface area contributed by atoms with Gasteiger partial charge in [-0.15, -0.1) is 0 Å². The van der Waals surface area contributed by atoms with Gasteiger partial charge in [-0.05, 0) is 25.1 Å². The Kier molecular flexibility index (Phi) is 4.66. The highest BCUT2D eigenvalue weighted by atomic mass is 79.9. The third-order valence-electron chi connectivity index (χ3n) is 2.12. The molecule has 1 rings (SSSR count). The highest BCUT2D eigenvalue weighted by Crippen LogP contribution is 2.28. The van der Waals surface area contributed by atoms with Crippen molar-refractivity contribution in [3.05, 3.63) is 34.1 Å². The van der Waals surface area contributed by atoms with Crippen molar-refractivity contribution in [2.45, 2.75) is 18.6 Å². The monoisotopic (exact) mass is 277 g/mol. The van der Waals surface area contributed by atoms with Crippen molar-refractivity contribution in [3.63, 3.8) is 0 Å². The number of benzene rings is 1. The van der Waals surface area contributed by atoms with Crippen LogP contribution in [0.4, 0.5) is 4.39 Å². The van der Waals surface area contributed by atoms with Crippen molar-refractivity contribution in [3.8, 4) is 0 Å². The molecule has 2 unspecified atom stereocenters. The fourth-order valence-electron chi connectivity index (χ4n) is 1.31. The van der Waals surface area contributed by atoms with Crippen LogP contribution in [0.5, 0.6) is 0 Å². The van der Waals surface area contributed by atoms with Gasteiger partial charge in [0.25, 0.3) is 0 Å². The van der Waals surface area contributed by atoms with Gasteiger partial charge >= 0.3 is 0 Å². The van der Waals surface area contributed by atoms with Crippen LogP contribution >= 0.6 is 15.9 Å². The first kappa shape index (κ1) is 12.6. The third-order valence-corrected chi connectivity index (χ3v) is 2.81. The van der Waals surface area contributed by atoms with Crippen molar-refractivity contribution in [1.82, 2.24) is 0 Å². The predicted octanol–water partition coefficient (Wildman–Crippen LogP) is 1.33. The molecule has 0 bridgehead atoms. The fraction of sp³-hybridized carbons (Fsp3) is 0.400. The Morgan fingerprint density at radius 2 is 2.07 bits per heavy atom. The lowest BCUT2D eigenvalue weighted by Gasteiger charge is -2.19. The molecule has 0 spiro atoms. The topological polar surface area (TPSA) is 66.5 Å². The summed E-state index contributed by atoms with van der Waals surface area (Å²) in [5.74, 6) is -0.548. The van der Waals surface area contributed by atoms with Gasteiger partial charge in [0.2, 0.25) is 0 Å². The summed E-state index contributed by atoms with van der Waals surface area (Å²) < 4.78 is 13.8. The van der Waals surface area contributed by atoms with E-state index >= 15 is 0 Å². The Balaban J connectivity index is 2.94. The number of nitrogens with two attached hydrogens (primary N) is 1. The van der Waals surface area contributed by atoms with Gasteiger partial charge in [-0.3, -0.25) is 0 Å². The van der Waals surface area contributed by atoms with E-state index in [1.807, 2.05) is 0 Å². The maximum Gasteiger partial charge on any atom is 0.130 e. The maximum atomic E-state index is 13.4. The molecule has 1 aromatic rings. The molecule has 0 radical (unpaired) electrons. The Bertz CT molecular complexity index is 315. The van der Waals surface area contributed by atoms with Gasteiger partial charge in [0.05, 0.1) is 6.10 Å². The minimum atomic E-state index is -1.26. The predicted molar refractivity (Wildman–Crippen MR) is 58.7 cm³/mol. The fourth-order valence-corrected chi connectivity index (χ4v) is 1.89. The molecular weight excluding hydrogens is 265 g/mol. The molecule has 0 amide bonds. The molecule has 1 aromatic carbocycles. The van der Waals surface area contributed by atoms with Gasteiger partial charge in [-0.2, -0.15) is 0 Å². The zero-order valence-electron chi connectivity index (χ0n) is 8.03. The summed E-state index contributed by atoms with van der Waals surface area (Å²) >= 11 is 3.12. The highest BCUT2D eigenvalue weighted by molar-refractivity contribution is 9.10. The van der Waals surface area contributed by atoms with E-state index in [4.69, 9.17) is 5.73 Å². The first-order chi connectivity index (χ1) is 7.07. The van der Waals surface area contributed by atoms with Crippen LogP contribution in [0.2, 0.25) is 0 Å². The van der Waals surface area contributed by atoms with Crippen molar-refractivity contribution in [2.24, 2.45) is 5.73 Å². The van der Waals surface area contributed by atoms with Gasteiger partial charge < -0.3 is 15.9 Å². The molecule has 0 aliphatic heterocycles. The number of hydrogen-bond acceptors (Lipinski definition) is 3. The van der Waals surface area contributed by atoms with Crippen molar-refractivity contribution < 1.29 is 14.6 Å². The first-order valence-corrected chi connectivity index (χ1v) is 5.37. The first-order valence-electron chi connectivity index (χ1n) is 4.58. The Morgan fingerprint density at radius 1 is 1.40 bits per heavy atom. The molecule has 0 aromatic heterocycles. The highest BCUT2D eigenvalue weighted by Gasteiger charge is 2.22. The van der Waals surface area contributed by atoms with Crippen LogP contribution in [0.15, 0.2) is 22.7 Å². The molecular formula is C10H13BrFNO2. The minimum Gasteiger partial charge on any atom is -0.390 e. The van der Waals surface area contributed by atoms with Crippen molar-refractivity contribution in [1.29, 1.82) is 0 Å². The van der Waals surface area contributed by atoms with Gasteiger partial charge in [-0.1, -0.05) is 22.0 Å². The number of rotatable bonds is 4. The van der Waals surface area contributed by atoms with E-state index < -0.39 is 18.0 Å². The van der Waals surface area contributed by atoms with Crippen LogP contribution in [0.25, 0.3) is 0 Å². The largest absolute Gasteiger partial charge is 0.390 e. The normalized spacial score (nSPS) is 15.0. The Labute approximate surface area is 95.9 Å². The summed E-state index contributed by atoms with van der Waals surface area (Å²) in [7, 11) is 0. The maximum absolute atomic E-state index is 13.4. The quantitative estimate of drug-likeness (QED) is 0.778. The molecule has 0 aliphatic rings. The van der Waals surface area contributed by atoms with E-state index in [1.165, 1.54) is 12.1 Å². The molecule has 84 valence electrons. The summed E-state index contributed by atoms with van der Waals surface area (Å²) in [6, 6.07) is 4.36. The van der Waals surface area contributed by atoms with Crippen LogP contribution < -0.4 is 5.73 Å². The summed E-state index contributed by atoms with van der Waals surface area (Å²) in [6.07, 6.45) is -2.09. The van der Waals surface area contributed by atoms with E-state index in [1.54, 1.807) is 6.07 Å². The standard InChI is InChI=1S/C10H13BrFNO2/c11-6-2-1-3-7(12)9(6)10(15)8(14)4-5-13/h1-3,8,10,14-15H,4-5,13H2. The third kappa shape index (κ3) is 2.98. The van der Waals surface area contributed by atoms with Crippen molar-refractivity contribution in [2.75, 3.05) is 6.54 Å². The second-order valence-electron chi connectivity index (χ2n) is 3.22. The molecule has 15 heavy (non-hydrogen) atoms. The SMILES string of the molecule is NCCC(O)C(O)c1c(F)cccc1Br. The summed E-state index contributed by atoms with van der Waals surface area (Å²) in [4.78, 5) is 0. The number of aliphatic hydroxyl groups is 2. The summed E-state index contributed by atoms with van der Waals surface area (Å²) in [5, 5.41) is 19.2. The number of hydrogen-bond donors (Lipinski definition) is 3. The lowest BCUT2D eigenvalue weighted by Crippen LogP contribution is -2.22. The lowest BCUT2D eigenvalue weighted by molar-refractivity contribution is 0.0125. The van der Waals surface area contributed by atoms with Gasteiger partial charge in [-0.25, -0.2) is 4.39 Å². The smallest absolute Gasteiger partial charge is 0.130 e. The zero-order chi connectivity index (χ0) is 11.4. The van der Waals surface area contributed by atoms with Crippen molar-refractivity contribution >= 4 is 15.9 Å². The van der Waals surface area contributed by atoms with Crippen LogP contribution in [0, 0.1) is 5.82 Å². The minimum absolute atomic E-state index is 0.0680.